The second kappa shape index (κ2) is 10.4. The smallest absolute Gasteiger partial charge is 0.491 e. The molecule has 0 aliphatic rings. The summed E-state index contributed by atoms with van der Waals surface area (Å²) in [5, 5.41) is 3.12. The molecule has 0 unspecified atom stereocenters. The molecule has 33 heavy (non-hydrogen) atoms. The van der Waals surface area contributed by atoms with Crippen molar-refractivity contribution in [2.24, 2.45) is 0 Å². The number of rotatable bonds is 8. The maximum absolute atomic E-state index is 12.6. The number of amides is 1. The number of hydrogen-bond donors (Lipinski definition) is 1. The fraction of sp³-hybridized carbons (Fsp3) is 0.238. The Morgan fingerprint density at radius 2 is 1.94 bits per heavy atom. The number of hydrogen-bond acceptors (Lipinski definition) is 7. The summed E-state index contributed by atoms with van der Waals surface area (Å²) in [6.45, 7) is 1.67. The number of thioether (sulfide) groups is 1. The molecule has 0 aliphatic heterocycles. The Morgan fingerprint density at radius 1 is 1.21 bits per heavy atom. The van der Waals surface area contributed by atoms with Crippen LogP contribution in [0.2, 0.25) is 0 Å². The predicted molar refractivity (Wildman–Crippen MR) is 115 cm³/mol. The maximum atomic E-state index is 12.6. The van der Waals surface area contributed by atoms with Crippen LogP contribution >= 0.6 is 11.8 Å². The van der Waals surface area contributed by atoms with E-state index in [9.17, 15) is 22.8 Å². The molecule has 2 heterocycles. The third kappa shape index (κ3) is 7.24. The van der Waals surface area contributed by atoms with Crippen LogP contribution in [0.1, 0.15) is 11.4 Å². The van der Waals surface area contributed by atoms with Gasteiger partial charge in [-0.2, -0.15) is 0 Å². The zero-order chi connectivity index (χ0) is 24.0. The third-order valence-corrected chi connectivity index (χ3v) is 5.10. The minimum Gasteiger partial charge on any atom is -0.491 e. The molecule has 0 fully saturated rings. The fourth-order valence-electron chi connectivity index (χ4n) is 2.75. The lowest BCUT2D eigenvalue weighted by Crippen LogP contribution is -2.23. The highest BCUT2D eigenvalue weighted by Gasteiger charge is 2.31. The van der Waals surface area contributed by atoms with Gasteiger partial charge in [0.05, 0.1) is 13.3 Å². The molecule has 0 bridgehead atoms. The third-order valence-electron chi connectivity index (χ3n) is 4.21. The van der Waals surface area contributed by atoms with Gasteiger partial charge < -0.3 is 19.4 Å². The van der Waals surface area contributed by atoms with E-state index in [-0.39, 0.29) is 23.4 Å². The number of aryl methyl sites for hydroxylation is 1. The first-order chi connectivity index (χ1) is 15.6. The fourth-order valence-corrected chi connectivity index (χ4v) is 3.62. The first kappa shape index (κ1) is 24.1. The molecular formula is C21H19F3N4O4S. The Hall–Kier alpha value is -3.54. The normalized spacial score (nSPS) is 11.2. The molecule has 0 radical (unpaired) electrons. The van der Waals surface area contributed by atoms with Gasteiger partial charge in [0.15, 0.2) is 10.9 Å². The molecule has 3 rings (SSSR count). The van der Waals surface area contributed by atoms with Crippen molar-refractivity contribution in [2.45, 2.75) is 30.7 Å². The molecule has 8 nitrogen and oxygen atoms in total. The van der Waals surface area contributed by atoms with Crippen molar-refractivity contribution < 1.29 is 27.4 Å². The number of nitrogens with zero attached hydrogens (tertiary/aromatic N) is 3. The molecule has 2 aromatic heterocycles. The van der Waals surface area contributed by atoms with Crippen LogP contribution in [0.5, 0.6) is 11.5 Å². The number of halogens is 3. The van der Waals surface area contributed by atoms with Gasteiger partial charge in [-0.05, 0) is 37.3 Å². The zero-order valence-electron chi connectivity index (χ0n) is 17.5. The molecule has 1 aromatic carbocycles. The summed E-state index contributed by atoms with van der Waals surface area (Å²) in [4.78, 5) is 33.2. The molecule has 0 aliphatic carbocycles. The number of ether oxygens (including phenoxy) is 2. The van der Waals surface area contributed by atoms with Crippen LogP contribution in [-0.4, -0.2) is 33.9 Å². The zero-order valence-corrected chi connectivity index (χ0v) is 18.4. The highest BCUT2D eigenvalue weighted by molar-refractivity contribution is 7.98. The van der Waals surface area contributed by atoms with Gasteiger partial charge in [-0.1, -0.05) is 11.8 Å². The second-order valence-corrected chi connectivity index (χ2v) is 7.66. The summed E-state index contributed by atoms with van der Waals surface area (Å²) < 4.78 is 47.3. The summed E-state index contributed by atoms with van der Waals surface area (Å²) in [5.74, 6) is -0.469. The molecule has 1 amide bonds. The number of benzene rings is 1. The van der Waals surface area contributed by atoms with Crippen LogP contribution in [0.4, 0.5) is 18.9 Å². The monoisotopic (exact) mass is 480 g/mol. The SMILES string of the molecule is COc1cn(CC(=O)Nc2ccc(OC(F)(F)F)cc2)c(CSc2nccc(C)n2)cc1=O. The minimum atomic E-state index is -4.80. The molecule has 0 saturated carbocycles. The van der Waals surface area contributed by atoms with E-state index in [1.165, 1.54) is 43.3 Å². The van der Waals surface area contributed by atoms with Crippen LogP contribution in [0.15, 0.2) is 58.7 Å². The molecule has 1 N–H and O–H groups in total. The summed E-state index contributed by atoms with van der Waals surface area (Å²) in [7, 11) is 1.35. The van der Waals surface area contributed by atoms with E-state index in [4.69, 9.17) is 4.74 Å². The molecule has 3 aromatic rings. The first-order valence-electron chi connectivity index (χ1n) is 9.48. The Kier molecular flexibility index (Phi) is 7.59. The van der Waals surface area contributed by atoms with Crippen molar-refractivity contribution in [1.82, 2.24) is 14.5 Å². The molecule has 0 saturated heterocycles. The van der Waals surface area contributed by atoms with Gasteiger partial charge in [-0.3, -0.25) is 9.59 Å². The maximum Gasteiger partial charge on any atom is 0.573 e. The topological polar surface area (TPSA) is 95.3 Å². The average Bonchev–Trinajstić information content (AvgIpc) is 2.74. The van der Waals surface area contributed by atoms with Crippen molar-refractivity contribution in [1.29, 1.82) is 0 Å². The van der Waals surface area contributed by atoms with E-state index in [1.54, 1.807) is 16.8 Å². The number of carbonyl (C=O) groups is 1. The number of carbonyl (C=O) groups excluding carboxylic acids is 1. The van der Waals surface area contributed by atoms with Gasteiger partial charge in [-0.15, -0.1) is 13.2 Å². The number of nitrogens with one attached hydrogen (secondary N) is 1. The highest BCUT2D eigenvalue weighted by Crippen LogP contribution is 2.24. The van der Waals surface area contributed by atoms with Gasteiger partial charge in [-0.25, -0.2) is 9.97 Å². The molecule has 0 atom stereocenters. The largest absolute Gasteiger partial charge is 0.573 e. The summed E-state index contributed by atoms with van der Waals surface area (Å²) in [6, 6.07) is 7.90. The van der Waals surface area contributed by atoms with Gasteiger partial charge in [0.1, 0.15) is 12.3 Å². The Bertz CT molecular complexity index is 1180. The van der Waals surface area contributed by atoms with E-state index < -0.39 is 18.0 Å². The number of methoxy groups -OCH3 is 1. The minimum absolute atomic E-state index is 0.0667. The van der Waals surface area contributed by atoms with Gasteiger partial charge in [0.2, 0.25) is 11.3 Å². The Morgan fingerprint density at radius 3 is 2.58 bits per heavy atom. The van der Waals surface area contributed by atoms with Crippen molar-refractivity contribution in [3.05, 3.63) is 70.4 Å². The predicted octanol–water partition coefficient (Wildman–Crippen LogP) is 3.78. The number of anilines is 1. The highest BCUT2D eigenvalue weighted by atomic mass is 32.2. The van der Waals surface area contributed by atoms with Crippen molar-refractivity contribution in [3.8, 4) is 11.5 Å². The van der Waals surface area contributed by atoms with E-state index in [2.05, 4.69) is 20.0 Å². The lowest BCUT2D eigenvalue weighted by molar-refractivity contribution is -0.274. The van der Waals surface area contributed by atoms with Crippen molar-refractivity contribution >= 4 is 23.4 Å². The number of alkyl halides is 3. The van der Waals surface area contributed by atoms with Crippen LogP contribution in [0.25, 0.3) is 0 Å². The molecule has 0 spiro atoms. The lowest BCUT2D eigenvalue weighted by atomic mass is 10.3. The molecule has 12 heteroatoms. The van der Waals surface area contributed by atoms with E-state index in [1.807, 2.05) is 6.92 Å². The first-order valence-corrected chi connectivity index (χ1v) is 10.5. The van der Waals surface area contributed by atoms with Gasteiger partial charge in [0.25, 0.3) is 0 Å². The Labute approximate surface area is 190 Å². The van der Waals surface area contributed by atoms with Crippen LogP contribution < -0.4 is 20.2 Å². The lowest BCUT2D eigenvalue weighted by Gasteiger charge is -2.15. The molecule has 174 valence electrons. The van der Waals surface area contributed by atoms with E-state index in [0.717, 1.165) is 17.8 Å². The second-order valence-electron chi connectivity index (χ2n) is 6.71. The average molecular weight is 480 g/mol. The van der Waals surface area contributed by atoms with Gasteiger partial charge >= 0.3 is 6.36 Å². The van der Waals surface area contributed by atoms with E-state index >= 15 is 0 Å². The summed E-state index contributed by atoms with van der Waals surface area (Å²) in [6.07, 6.45) is -1.74. The number of pyridine rings is 1. The summed E-state index contributed by atoms with van der Waals surface area (Å²) >= 11 is 1.30. The van der Waals surface area contributed by atoms with Crippen LogP contribution in [-0.2, 0) is 17.1 Å². The summed E-state index contributed by atoms with van der Waals surface area (Å²) in [5.41, 5.74) is 1.28. The van der Waals surface area contributed by atoms with Crippen LogP contribution in [0.3, 0.4) is 0 Å². The van der Waals surface area contributed by atoms with E-state index in [0.29, 0.717) is 16.6 Å². The standard InChI is InChI=1S/C21H19F3N4O4S/c1-13-7-8-25-20(26-13)33-12-15-9-17(29)18(31-2)10-28(15)11-19(30)27-14-3-5-16(6-4-14)32-21(22,23)24/h3-10H,11-12H2,1-2H3,(H,27,30). The molecular weight excluding hydrogens is 461 g/mol. The Balaban J connectivity index is 1.73. The van der Waals surface area contributed by atoms with Crippen molar-refractivity contribution in [2.75, 3.05) is 12.4 Å². The van der Waals surface area contributed by atoms with Gasteiger partial charge in [0, 0.05) is 35.1 Å². The number of aromatic nitrogens is 3. The van der Waals surface area contributed by atoms with Crippen LogP contribution in [0, 0.1) is 6.92 Å². The van der Waals surface area contributed by atoms with Crippen molar-refractivity contribution in [3.63, 3.8) is 0 Å². The quantitative estimate of drug-likeness (QED) is 0.387.